The lowest BCUT2D eigenvalue weighted by atomic mass is 9.95. The van der Waals surface area contributed by atoms with Crippen molar-refractivity contribution in [1.82, 2.24) is 10.2 Å². The maximum atomic E-state index is 13.1. The highest BCUT2D eigenvalue weighted by atomic mass is 32.1. The Labute approximate surface area is 190 Å². The van der Waals surface area contributed by atoms with Crippen LogP contribution in [0, 0.1) is 13.8 Å². The number of nitrogens with zero attached hydrogens (tertiary/aromatic N) is 3. The van der Waals surface area contributed by atoms with Gasteiger partial charge in [-0.2, -0.15) is 0 Å². The van der Waals surface area contributed by atoms with E-state index in [0.29, 0.717) is 33.6 Å². The summed E-state index contributed by atoms with van der Waals surface area (Å²) in [6.07, 6.45) is 0.847. The largest absolute Gasteiger partial charge is 0.507 e. The molecule has 1 unspecified atom stereocenters. The van der Waals surface area contributed by atoms with Gasteiger partial charge < -0.3 is 9.84 Å². The average Bonchev–Trinajstić information content (AvgIpc) is 3.33. The molecule has 2 aromatic carbocycles. The van der Waals surface area contributed by atoms with Gasteiger partial charge in [0.05, 0.1) is 18.2 Å². The number of Topliss-reactive ketones (excluding diaryl/α,β-unsaturated/α-hetero) is 1. The first-order valence-corrected chi connectivity index (χ1v) is 11.1. The van der Waals surface area contributed by atoms with Crippen LogP contribution in [0.15, 0.2) is 54.1 Å². The summed E-state index contributed by atoms with van der Waals surface area (Å²) in [7, 11) is 0. The maximum absolute atomic E-state index is 13.1. The van der Waals surface area contributed by atoms with Crippen molar-refractivity contribution < 1.29 is 19.4 Å². The van der Waals surface area contributed by atoms with E-state index >= 15 is 0 Å². The number of aromatic nitrogens is 2. The SMILES string of the molecule is CCCOc1cccc(C2C(=C(O)c3ccc(C)cc3)C(=O)C(=O)N2c2nnc(C)s2)c1. The van der Waals surface area contributed by atoms with E-state index in [9.17, 15) is 14.7 Å². The summed E-state index contributed by atoms with van der Waals surface area (Å²) < 4.78 is 5.76. The zero-order valence-corrected chi connectivity index (χ0v) is 18.8. The zero-order chi connectivity index (χ0) is 22.8. The topological polar surface area (TPSA) is 92.6 Å². The van der Waals surface area contributed by atoms with E-state index in [-0.39, 0.29) is 11.3 Å². The molecule has 0 spiro atoms. The number of ketones is 1. The first kappa shape index (κ1) is 21.7. The monoisotopic (exact) mass is 449 g/mol. The fourth-order valence-corrected chi connectivity index (χ4v) is 4.30. The van der Waals surface area contributed by atoms with Crippen molar-refractivity contribution in [3.63, 3.8) is 0 Å². The van der Waals surface area contributed by atoms with Crippen LogP contribution in [0.1, 0.15) is 41.1 Å². The number of aliphatic hydroxyl groups excluding tert-OH is 1. The minimum Gasteiger partial charge on any atom is -0.507 e. The number of amides is 1. The zero-order valence-electron chi connectivity index (χ0n) is 18.0. The fraction of sp³-hybridized carbons (Fsp3) is 0.250. The Morgan fingerprint density at radius 2 is 1.88 bits per heavy atom. The number of hydrogen-bond donors (Lipinski definition) is 1. The van der Waals surface area contributed by atoms with Crippen molar-refractivity contribution in [2.45, 2.75) is 33.2 Å². The Bertz CT molecular complexity index is 1200. The Hall–Kier alpha value is -3.52. The summed E-state index contributed by atoms with van der Waals surface area (Å²) >= 11 is 1.21. The van der Waals surface area contributed by atoms with Gasteiger partial charge in [-0.25, -0.2) is 0 Å². The van der Waals surface area contributed by atoms with E-state index in [1.165, 1.54) is 16.2 Å². The lowest BCUT2D eigenvalue weighted by molar-refractivity contribution is -0.132. The van der Waals surface area contributed by atoms with Gasteiger partial charge in [0.2, 0.25) is 5.13 Å². The summed E-state index contributed by atoms with van der Waals surface area (Å²) in [6, 6.07) is 13.5. The predicted molar refractivity (Wildman–Crippen MR) is 123 cm³/mol. The highest BCUT2D eigenvalue weighted by Crippen LogP contribution is 2.43. The van der Waals surface area contributed by atoms with Crippen molar-refractivity contribution in [1.29, 1.82) is 0 Å². The molecule has 4 rings (SSSR count). The third-order valence-electron chi connectivity index (χ3n) is 5.14. The van der Waals surface area contributed by atoms with Crippen LogP contribution in [0.3, 0.4) is 0 Å². The molecule has 1 aliphatic rings. The molecule has 8 heteroatoms. The predicted octanol–water partition coefficient (Wildman–Crippen LogP) is 4.57. The number of ether oxygens (including phenoxy) is 1. The van der Waals surface area contributed by atoms with Gasteiger partial charge in [0.1, 0.15) is 16.5 Å². The molecular formula is C24H23N3O4S. The Morgan fingerprint density at radius 3 is 2.53 bits per heavy atom. The smallest absolute Gasteiger partial charge is 0.301 e. The average molecular weight is 450 g/mol. The fourth-order valence-electron chi connectivity index (χ4n) is 3.59. The van der Waals surface area contributed by atoms with Crippen LogP contribution in [0.2, 0.25) is 0 Å². The molecule has 1 atom stereocenters. The molecule has 1 aliphatic heterocycles. The van der Waals surface area contributed by atoms with Gasteiger partial charge in [-0.05, 0) is 38.0 Å². The quantitative estimate of drug-likeness (QED) is 0.337. The summed E-state index contributed by atoms with van der Waals surface area (Å²) in [6.45, 7) is 6.27. The van der Waals surface area contributed by atoms with Crippen LogP contribution in [0.25, 0.3) is 5.76 Å². The van der Waals surface area contributed by atoms with E-state index in [4.69, 9.17) is 4.74 Å². The van der Waals surface area contributed by atoms with E-state index in [1.54, 1.807) is 37.3 Å². The summed E-state index contributed by atoms with van der Waals surface area (Å²) in [5, 5.41) is 20.2. The van der Waals surface area contributed by atoms with E-state index in [1.807, 2.05) is 32.0 Å². The lowest BCUT2D eigenvalue weighted by Crippen LogP contribution is -2.29. The van der Waals surface area contributed by atoms with Gasteiger partial charge in [0, 0.05) is 5.56 Å². The van der Waals surface area contributed by atoms with Crippen LogP contribution in [-0.2, 0) is 9.59 Å². The molecule has 0 aliphatic carbocycles. The van der Waals surface area contributed by atoms with Gasteiger partial charge in [-0.3, -0.25) is 14.5 Å². The number of carbonyl (C=O) groups excluding carboxylic acids is 2. The van der Waals surface area contributed by atoms with Crippen molar-refractivity contribution in [3.8, 4) is 5.75 Å². The van der Waals surface area contributed by atoms with Crippen molar-refractivity contribution in [3.05, 3.63) is 75.8 Å². The van der Waals surface area contributed by atoms with E-state index in [2.05, 4.69) is 10.2 Å². The second kappa shape index (κ2) is 8.92. The van der Waals surface area contributed by atoms with Crippen molar-refractivity contribution in [2.24, 2.45) is 0 Å². The van der Waals surface area contributed by atoms with Gasteiger partial charge >= 0.3 is 5.91 Å². The second-order valence-electron chi connectivity index (χ2n) is 7.56. The number of aryl methyl sites for hydroxylation is 2. The molecule has 1 aromatic heterocycles. The molecule has 1 amide bonds. The normalized spacial score (nSPS) is 17.7. The summed E-state index contributed by atoms with van der Waals surface area (Å²) in [4.78, 5) is 27.5. The Kier molecular flexibility index (Phi) is 6.05. The molecule has 0 radical (unpaired) electrons. The van der Waals surface area contributed by atoms with Crippen LogP contribution in [-0.4, -0.2) is 33.6 Å². The Balaban J connectivity index is 1.90. The number of rotatable bonds is 6. The van der Waals surface area contributed by atoms with Crippen LogP contribution < -0.4 is 9.64 Å². The molecule has 0 bridgehead atoms. The van der Waals surface area contributed by atoms with Crippen LogP contribution in [0.4, 0.5) is 5.13 Å². The summed E-state index contributed by atoms with van der Waals surface area (Å²) in [5.41, 5.74) is 2.13. The number of benzene rings is 2. The summed E-state index contributed by atoms with van der Waals surface area (Å²) in [5.74, 6) is -1.11. The number of anilines is 1. The van der Waals surface area contributed by atoms with Crippen LogP contribution in [0.5, 0.6) is 5.75 Å². The molecular weight excluding hydrogens is 426 g/mol. The molecule has 1 N–H and O–H groups in total. The Morgan fingerprint density at radius 1 is 1.12 bits per heavy atom. The first-order valence-electron chi connectivity index (χ1n) is 10.3. The lowest BCUT2D eigenvalue weighted by Gasteiger charge is -2.23. The highest BCUT2D eigenvalue weighted by Gasteiger charge is 2.48. The minimum absolute atomic E-state index is 0.0133. The third-order valence-corrected chi connectivity index (χ3v) is 5.98. The molecule has 2 heterocycles. The molecule has 1 saturated heterocycles. The standard InChI is InChI=1S/C24H23N3O4S/c1-4-12-31-18-7-5-6-17(13-18)20-19(21(28)16-10-8-14(2)9-11-16)22(29)23(30)27(20)24-26-25-15(3)32-24/h5-11,13,20,28H,4,12H2,1-3H3. The van der Waals surface area contributed by atoms with Crippen molar-refractivity contribution >= 4 is 33.9 Å². The molecule has 164 valence electrons. The van der Waals surface area contributed by atoms with Gasteiger partial charge in [0.15, 0.2) is 0 Å². The molecule has 32 heavy (non-hydrogen) atoms. The molecule has 7 nitrogen and oxygen atoms in total. The first-order chi connectivity index (χ1) is 15.4. The molecule has 0 saturated carbocycles. The van der Waals surface area contributed by atoms with Crippen molar-refractivity contribution in [2.75, 3.05) is 11.5 Å². The number of carbonyl (C=O) groups is 2. The van der Waals surface area contributed by atoms with Crippen LogP contribution >= 0.6 is 11.3 Å². The van der Waals surface area contributed by atoms with Gasteiger partial charge in [-0.15, -0.1) is 10.2 Å². The van der Waals surface area contributed by atoms with E-state index in [0.717, 1.165) is 12.0 Å². The minimum atomic E-state index is -0.853. The molecule has 1 fully saturated rings. The van der Waals surface area contributed by atoms with Gasteiger partial charge in [-0.1, -0.05) is 60.2 Å². The van der Waals surface area contributed by atoms with E-state index < -0.39 is 17.7 Å². The third kappa shape index (κ3) is 4.01. The number of aliphatic hydroxyl groups is 1. The second-order valence-corrected chi connectivity index (χ2v) is 8.72. The maximum Gasteiger partial charge on any atom is 0.301 e. The molecule has 3 aromatic rings. The van der Waals surface area contributed by atoms with Gasteiger partial charge in [0.25, 0.3) is 5.78 Å². The number of hydrogen-bond acceptors (Lipinski definition) is 7. The highest BCUT2D eigenvalue weighted by molar-refractivity contribution is 7.15.